The highest BCUT2D eigenvalue weighted by molar-refractivity contribution is 5.86. The van der Waals surface area contributed by atoms with E-state index in [1.807, 2.05) is 13.0 Å². The third-order valence-electron chi connectivity index (χ3n) is 5.14. The molecule has 162 valence electrons. The van der Waals surface area contributed by atoms with Gasteiger partial charge in [0.05, 0.1) is 16.4 Å². The van der Waals surface area contributed by atoms with Crippen molar-refractivity contribution in [3.05, 3.63) is 52.4 Å². The molecule has 2 aromatic carbocycles. The summed E-state index contributed by atoms with van der Waals surface area (Å²) in [5.41, 5.74) is 1.53. The summed E-state index contributed by atoms with van der Waals surface area (Å²) in [5, 5.41) is 0.450. The van der Waals surface area contributed by atoms with Gasteiger partial charge in [0.15, 0.2) is 11.5 Å². The normalized spacial score (nSPS) is 13.3. The van der Waals surface area contributed by atoms with Crippen molar-refractivity contribution in [2.24, 2.45) is 5.41 Å². The molecule has 4 rings (SSSR count). The van der Waals surface area contributed by atoms with Crippen LogP contribution in [0.1, 0.15) is 39.7 Å². The summed E-state index contributed by atoms with van der Waals surface area (Å²) >= 11 is 0. The van der Waals surface area contributed by atoms with E-state index in [9.17, 15) is 9.59 Å². The average Bonchev–Trinajstić information content (AvgIpc) is 2.74. The smallest absolute Gasteiger partial charge is 0.316 e. The molecule has 0 saturated carbocycles. The Hall–Kier alpha value is -3.28. The Morgan fingerprint density at radius 2 is 1.81 bits per heavy atom. The van der Waals surface area contributed by atoms with Gasteiger partial charge in [-0.1, -0.05) is 19.4 Å². The molecule has 0 N–H and O–H groups in total. The number of fused-ring (bicyclic) bond motifs is 2. The topological polar surface area (TPSA) is 75.0 Å². The molecule has 1 aliphatic heterocycles. The summed E-state index contributed by atoms with van der Waals surface area (Å²) in [5.74, 6) is 1.37. The van der Waals surface area contributed by atoms with Gasteiger partial charge in [-0.05, 0) is 56.5 Å². The molecule has 0 radical (unpaired) electrons. The molecule has 0 spiro atoms. The Balaban J connectivity index is 1.79. The van der Waals surface area contributed by atoms with E-state index in [-0.39, 0.29) is 11.4 Å². The number of carbonyl (C=O) groups excluding carboxylic acids is 1. The van der Waals surface area contributed by atoms with Crippen molar-refractivity contribution in [1.29, 1.82) is 0 Å². The van der Waals surface area contributed by atoms with Gasteiger partial charge in [-0.25, -0.2) is 0 Å². The Morgan fingerprint density at radius 1 is 1.06 bits per heavy atom. The van der Waals surface area contributed by atoms with Crippen molar-refractivity contribution in [3.63, 3.8) is 0 Å². The maximum absolute atomic E-state index is 13.3. The van der Waals surface area contributed by atoms with Crippen LogP contribution in [0.15, 0.2) is 45.8 Å². The quantitative estimate of drug-likeness (QED) is 0.428. The lowest BCUT2D eigenvalue weighted by molar-refractivity contribution is -0.143. The van der Waals surface area contributed by atoms with Crippen LogP contribution in [0.4, 0.5) is 0 Å². The molecule has 1 aliphatic rings. The summed E-state index contributed by atoms with van der Waals surface area (Å²) in [6, 6.07) is 8.82. The number of aryl methyl sites for hydroxylation is 1. The van der Waals surface area contributed by atoms with Gasteiger partial charge in [0.2, 0.25) is 5.43 Å². The van der Waals surface area contributed by atoms with Crippen LogP contribution in [0.2, 0.25) is 0 Å². The van der Waals surface area contributed by atoms with E-state index in [1.54, 1.807) is 45.0 Å². The maximum atomic E-state index is 13.3. The van der Waals surface area contributed by atoms with Gasteiger partial charge in [0, 0.05) is 6.07 Å². The highest BCUT2D eigenvalue weighted by atomic mass is 16.6. The fourth-order valence-corrected chi connectivity index (χ4v) is 3.42. The van der Waals surface area contributed by atoms with Crippen molar-refractivity contribution in [3.8, 4) is 28.4 Å². The highest BCUT2D eigenvalue weighted by Crippen LogP contribution is 2.35. The number of esters is 1. The summed E-state index contributed by atoms with van der Waals surface area (Å²) in [7, 11) is 0. The van der Waals surface area contributed by atoms with Gasteiger partial charge < -0.3 is 18.6 Å². The third-order valence-corrected chi connectivity index (χ3v) is 5.14. The van der Waals surface area contributed by atoms with Crippen LogP contribution in [0.5, 0.6) is 17.2 Å². The third kappa shape index (κ3) is 4.15. The summed E-state index contributed by atoms with van der Waals surface area (Å²) in [4.78, 5) is 25.7. The van der Waals surface area contributed by atoms with Crippen LogP contribution < -0.4 is 19.6 Å². The van der Waals surface area contributed by atoms with Gasteiger partial charge in [0.1, 0.15) is 30.8 Å². The highest BCUT2D eigenvalue weighted by Gasteiger charge is 2.25. The molecule has 0 atom stereocenters. The Kier molecular flexibility index (Phi) is 5.48. The Labute approximate surface area is 180 Å². The van der Waals surface area contributed by atoms with Crippen LogP contribution in [-0.2, 0) is 11.2 Å². The number of rotatable bonds is 4. The van der Waals surface area contributed by atoms with Crippen LogP contribution in [0, 0.1) is 5.41 Å². The zero-order chi connectivity index (χ0) is 22.2. The predicted octanol–water partition coefficient (Wildman–Crippen LogP) is 5.14. The number of benzene rings is 2. The molecule has 6 heteroatoms. The van der Waals surface area contributed by atoms with Crippen LogP contribution >= 0.6 is 0 Å². The largest absolute Gasteiger partial charge is 0.486 e. The lowest BCUT2D eigenvalue weighted by Crippen LogP contribution is -2.26. The molecule has 31 heavy (non-hydrogen) atoms. The SMILES string of the molecule is CCCc1cc2c(=O)c(-c3ccc4c(c3)OCCO4)coc2cc1OC(=O)C(C)(C)C. The monoisotopic (exact) mass is 422 g/mol. The first-order valence-corrected chi connectivity index (χ1v) is 10.5. The fourth-order valence-electron chi connectivity index (χ4n) is 3.42. The predicted molar refractivity (Wildman–Crippen MR) is 118 cm³/mol. The minimum Gasteiger partial charge on any atom is -0.486 e. The van der Waals surface area contributed by atoms with E-state index in [0.717, 1.165) is 12.0 Å². The van der Waals surface area contributed by atoms with Gasteiger partial charge in [-0.3, -0.25) is 9.59 Å². The van der Waals surface area contributed by atoms with E-state index < -0.39 is 5.41 Å². The molecule has 0 saturated heterocycles. The van der Waals surface area contributed by atoms with Crippen LogP contribution in [0.3, 0.4) is 0 Å². The molecular weight excluding hydrogens is 396 g/mol. The van der Waals surface area contributed by atoms with Crippen molar-refractivity contribution >= 4 is 16.9 Å². The molecule has 1 aromatic heterocycles. The number of carbonyl (C=O) groups is 1. The first-order valence-electron chi connectivity index (χ1n) is 10.5. The maximum Gasteiger partial charge on any atom is 0.316 e. The number of ether oxygens (including phenoxy) is 3. The second-order valence-electron chi connectivity index (χ2n) is 8.68. The molecular formula is C25H26O6. The van der Waals surface area contributed by atoms with E-state index in [0.29, 0.717) is 59.0 Å². The lowest BCUT2D eigenvalue weighted by Gasteiger charge is -2.19. The molecule has 0 amide bonds. The standard InChI is InChI=1S/C25H26O6/c1-5-6-16-11-17-21(13-20(16)31-24(27)25(2,3)4)30-14-18(23(17)26)15-7-8-19-22(12-15)29-10-9-28-19/h7-8,11-14H,5-6,9-10H2,1-4H3. The minimum atomic E-state index is -0.638. The second-order valence-corrected chi connectivity index (χ2v) is 8.68. The van der Waals surface area contributed by atoms with Crippen LogP contribution in [-0.4, -0.2) is 19.2 Å². The fraction of sp³-hybridized carbons (Fsp3) is 0.360. The molecule has 3 aromatic rings. The summed E-state index contributed by atoms with van der Waals surface area (Å²) in [6.07, 6.45) is 2.96. The minimum absolute atomic E-state index is 0.149. The van der Waals surface area contributed by atoms with E-state index in [4.69, 9.17) is 18.6 Å². The van der Waals surface area contributed by atoms with Crippen molar-refractivity contribution in [2.45, 2.75) is 40.5 Å². The second kappa shape index (κ2) is 8.10. The summed E-state index contributed by atoms with van der Waals surface area (Å²) in [6.45, 7) is 8.42. The van der Waals surface area contributed by atoms with Gasteiger partial charge in [-0.2, -0.15) is 0 Å². The summed E-state index contributed by atoms with van der Waals surface area (Å²) < 4.78 is 22.7. The average molecular weight is 422 g/mol. The zero-order valence-electron chi connectivity index (χ0n) is 18.2. The Bertz CT molecular complexity index is 1200. The molecule has 0 unspecified atom stereocenters. The van der Waals surface area contributed by atoms with Crippen molar-refractivity contribution in [1.82, 2.24) is 0 Å². The molecule has 0 fully saturated rings. The first-order chi connectivity index (χ1) is 14.8. The van der Waals surface area contributed by atoms with Gasteiger partial charge in [0.25, 0.3) is 0 Å². The number of hydrogen-bond donors (Lipinski definition) is 0. The Morgan fingerprint density at radius 3 is 2.52 bits per heavy atom. The van der Waals surface area contributed by atoms with E-state index in [1.165, 1.54) is 6.26 Å². The lowest BCUT2D eigenvalue weighted by atomic mass is 9.97. The molecule has 6 nitrogen and oxygen atoms in total. The molecule has 2 heterocycles. The van der Waals surface area contributed by atoms with Crippen LogP contribution in [0.25, 0.3) is 22.1 Å². The molecule has 0 bridgehead atoms. The molecule has 0 aliphatic carbocycles. The van der Waals surface area contributed by atoms with Gasteiger partial charge in [-0.15, -0.1) is 0 Å². The first kappa shape index (κ1) is 21.0. The van der Waals surface area contributed by atoms with Crippen molar-refractivity contribution in [2.75, 3.05) is 13.2 Å². The van der Waals surface area contributed by atoms with Gasteiger partial charge >= 0.3 is 5.97 Å². The number of hydrogen-bond acceptors (Lipinski definition) is 6. The van der Waals surface area contributed by atoms with Crippen molar-refractivity contribution < 1.29 is 23.4 Å². The zero-order valence-corrected chi connectivity index (χ0v) is 18.2. The van der Waals surface area contributed by atoms with E-state index in [2.05, 4.69) is 0 Å². The van der Waals surface area contributed by atoms with E-state index >= 15 is 0 Å².